The zero-order valence-corrected chi connectivity index (χ0v) is 8.20. The van der Waals surface area contributed by atoms with E-state index in [9.17, 15) is 4.79 Å². The summed E-state index contributed by atoms with van der Waals surface area (Å²) in [7, 11) is 0. The van der Waals surface area contributed by atoms with Crippen molar-refractivity contribution >= 4 is 17.4 Å². The maximum absolute atomic E-state index is 11.5. The molecule has 0 bridgehead atoms. The summed E-state index contributed by atoms with van der Waals surface area (Å²) >= 11 is 5.55. The van der Waals surface area contributed by atoms with Crippen LogP contribution in [0.1, 0.15) is 17.9 Å². The van der Waals surface area contributed by atoms with Crippen LogP contribution in [0.3, 0.4) is 0 Å². The Balaban J connectivity index is 2.20. The van der Waals surface area contributed by atoms with Gasteiger partial charge in [0.1, 0.15) is 5.78 Å². The molecule has 0 N–H and O–H groups in total. The number of rotatable bonds is 1. The first-order chi connectivity index (χ1) is 6.77. The fourth-order valence-corrected chi connectivity index (χ4v) is 1.52. The molecule has 0 radical (unpaired) electrons. The summed E-state index contributed by atoms with van der Waals surface area (Å²) in [6, 6.07) is 0. The van der Waals surface area contributed by atoms with Gasteiger partial charge in [-0.25, -0.2) is 9.97 Å². The molecule has 14 heavy (non-hydrogen) atoms. The molecule has 1 aliphatic rings. The van der Waals surface area contributed by atoms with Crippen LogP contribution in [0.15, 0.2) is 12.4 Å². The molecule has 0 spiro atoms. The number of ether oxygens (including phenoxy) is 1. The Hall–Kier alpha value is -1.00. The fraction of sp³-hybridized carbons (Fsp3) is 0.444. The van der Waals surface area contributed by atoms with Crippen molar-refractivity contribution in [1.82, 2.24) is 9.97 Å². The van der Waals surface area contributed by atoms with Gasteiger partial charge >= 0.3 is 0 Å². The van der Waals surface area contributed by atoms with E-state index >= 15 is 0 Å². The first-order valence-corrected chi connectivity index (χ1v) is 4.73. The summed E-state index contributed by atoms with van der Waals surface area (Å²) in [5.41, 5.74) is 0.777. The Morgan fingerprint density at radius 1 is 1.43 bits per heavy atom. The van der Waals surface area contributed by atoms with Gasteiger partial charge in [-0.15, -0.1) is 0 Å². The van der Waals surface area contributed by atoms with Gasteiger partial charge in [0.15, 0.2) is 0 Å². The van der Waals surface area contributed by atoms with E-state index in [1.54, 1.807) is 12.4 Å². The summed E-state index contributed by atoms with van der Waals surface area (Å²) in [5, 5.41) is 0.193. The highest BCUT2D eigenvalue weighted by Crippen LogP contribution is 2.21. The summed E-state index contributed by atoms with van der Waals surface area (Å²) in [6.07, 6.45) is 3.62. The first kappa shape index (κ1) is 9.55. The van der Waals surface area contributed by atoms with Crippen molar-refractivity contribution in [3.05, 3.63) is 23.2 Å². The highest BCUT2D eigenvalue weighted by molar-refractivity contribution is 6.28. The van der Waals surface area contributed by atoms with Gasteiger partial charge in [-0.3, -0.25) is 4.79 Å². The Labute approximate surface area is 86.3 Å². The van der Waals surface area contributed by atoms with Crippen LogP contribution in [0.5, 0.6) is 0 Å². The summed E-state index contributed by atoms with van der Waals surface area (Å²) in [6.45, 7) is 0.938. The van der Waals surface area contributed by atoms with E-state index in [1.807, 2.05) is 0 Å². The van der Waals surface area contributed by atoms with Crippen LogP contribution in [0.2, 0.25) is 5.28 Å². The Bertz CT molecular complexity index is 339. The molecule has 1 aromatic rings. The SMILES string of the molecule is O=C1CCOCC1c1cnc(Cl)nc1. The largest absolute Gasteiger partial charge is 0.380 e. The number of halogens is 1. The Morgan fingerprint density at radius 3 is 2.79 bits per heavy atom. The van der Waals surface area contributed by atoms with Crippen LogP contribution in [-0.2, 0) is 9.53 Å². The van der Waals surface area contributed by atoms with E-state index in [0.717, 1.165) is 5.56 Å². The average molecular weight is 213 g/mol. The van der Waals surface area contributed by atoms with Crippen molar-refractivity contribution in [2.75, 3.05) is 13.2 Å². The Morgan fingerprint density at radius 2 is 2.14 bits per heavy atom. The predicted octanol–water partition coefficient (Wildman–Crippen LogP) is 1.20. The normalized spacial score (nSPS) is 22.4. The average Bonchev–Trinajstić information content (AvgIpc) is 2.20. The van der Waals surface area contributed by atoms with Crippen LogP contribution >= 0.6 is 11.6 Å². The van der Waals surface area contributed by atoms with Crippen LogP contribution in [0.4, 0.5) is 0 Å². The van der Waals surface area contributed by atoms with Crippen LogP contribution in [0.25, 0.3) is 0 Å². The summed E-state index contributed by atoms with van der Waals surface area (Å²) in [4.78, 5) is 19.2. The molecule has 2 rings (SSSR count). The van der Waals surface area contributed by atoms with E-state index in [0.29, 0.717) is 19.6 Å². The van der Waals surface area contributed by atoms with Crippen LogP contribution in [0, 0.1) is 0 Å². The maximum atomic E-state index is 11.5. The monoisotopic (exact) mass is 212 g/mol. The zero-order valence-electron chi connectivity index (χ0n) is 7.44. The third-order valence-corrected chi connectivity index (χ3v) is 2.40. The molecular formula is C9H9ClN2O2. The highest BCUT2D eigenvalue weighted by Gasteiger charge is 2.24. The zero-order chi connectivity index (χ0) is 9.97. The second-order valence-electron chi connectivity index (χ2n) is 3.13. The standard InChI is InChI=1S/C9H9ClN2O2/c10-9-11-3-6(4-12-9)7-5-14-2-1-8(7)13/h3-4,7H,1-2,5H2. The molecular weight excluding hydrogens is 204 g/mol. The first-order valence-electron chi connectivity index (χ1n) is 4.35. The predicted molar refractivity (Wildman–Crippen MR) is 50.2 cm³/mol. The van der Waals surface area contributed by atoms with E-state index in [1.165, 1.54) is 0 Å². The van der Waals surface area contributed by atoms with Crippen molar-refractivity contribution < 1.29 is 9.53 Å². The summed E-state index contributed by atoms with van der Waals surface area (Å²) < 4.78 is 5.23. The number of hydrogen-bond acceptors (Lipinski definition) is 4. The molecule has 1 atom stereocenters. The quantitative estimate of drug-likeness (QED) is 0.657. The third kappa shape index (κ3) is 1.91. The molecule has 0 saturated carbocycles. The second kappa shape index (κ2) is 4.02. The number of carbonyl (C=O) groups excluding carboxylic acids is 1. The second-order valence-corrected chi connectivity index (χ2v) is 3.47. The smallest absolute Gasteiger partial charge is 0.222 e. The molecule has 1 fully saturated rings. The molecule has 1 aromatic heterocycles. The number of carbonyl (C=O) groups is 1. The van der Waals surface area contributed by atoms with Crippen molar-refractivity contribution in [2.45, 2.75) is 12.3 Å². The molecule has 1 aliphatic heterocycles. The van der Waals surface area contributed by atoms with Crippen LogP contribution < -0.4 is 0 Å². The minimum Gasteiger partial charge on any atom is -0.380 e. The lowest BCUT2D eigenvalue weighted by molar-refractivity contribution is -0.126. The van der Waals surface area contributed by atoms with Crippen molar-refractivity contribution in [3.63, 3.8) is 0 Å². The molecule has 4 nitrogen and oxygen atoms in total. The van der Waals surface area contributed by atoms with Gasteiger partial charge < -0.3 is 4.74 Å². The number of ketones is 1. The molecule has 2 heterocycles. The van der Waals surface area contributed by atoms with Gasteiger partial charge in [0, 0.05) is 24.4 Å². The molecule has 5 heteroatoms. The minimum absolute atomic E-state index is 0.183. The lowest BCUT2D eigenvalue weighted by atomic mass is 9.95. The van der Waals surface area contributed by atoms with Gasteiger partial charge in [-0.1, -0.05) is 0 Å². The summed E-state index contributed by atoms with van der Waals surface area (Å²) in [5.74, 6) is -0.0387. The van der Waals surface area contributed by atoms with E-state index in [-0.39, 0.29) is 17.0 Å². The van der Waals surface area contributed by atoms with Gasteiger partial charge in [0.25, 0.3) is 0 Å². The number of hydrogen-bond donors (Lipinski definition) is 0. The van der Waals surface area contributed by atoms with Gasteiger partial charge in [0.2, 0.25) is 5.28 Å². The Kier molecular flexibility index (Phi) is 2.74. The third-order valence-electron chi connectivity index (χ3n) is 2.21. The van der Waals surface area contributed by atoms with Crippen molar-refractivity contribution in [3.8, 4) is 0 Å². The lowest BCUT2D eigenvalue weighted by Gasteiger charge is -2.20. The van der Waals surface area contributed by atoms with Crippen molar-refractivity contribution in [1.29, 1.82) is 0 Å². The molecule has 0 aromatic carbocycles. The highest BCUT2D eigenvalue weighted by atomic mass is 35.5. The van der Waals surface area contributed by atoms with Gasteiger partial charge in [-0.05, 0) is 11.6 Å². The molecule has 1 saturated heterocycles. The topological polar surface area (TPSA) is 52.1 Å². The number of nitrogens with zero attached hydrogens (tertiary/aromatic N) is 2. The maximum Gasteiger partial charge on any atom is 0.222 e. The molecule has 1 unspecified atom stereocenters. The van der Waals surface area contributed by atoms with E-state index < -0.39 is 0 Å². The van der Waals surface area contributed by atoms with E-state index in [2.05, 4.69) is 9.97 Å². The molecule has 74 valence electrons. The van der Waals surface area contributed by atoms with Crippen molar-refractivity contribution in [2.24, 2.45) is 0 Å². The van der Waals surface area contributed by atoms with Gasteiger partial charge in [-0.2, -0.15) is 0 Å². The molecule has 0 aliphatic carbocycles. The lowest BCUT2D eigenvalue weighted by Crippen LogP contribution is -2.25. The fourth-order valence-electron chi connectivity index (χ4n) is 1.43. The van der Waals surface area contributed by atoms with Crippen LogP contribution in [-0.4, -0.2) is 29.0 Å². The minimum atomic E-state index is -0.221. The molecule has 0 amide bonds. The number of aromatic nitrogens is 2. The van der Waals surface area contributed by atoms with E-state index in [4.69, 9.17) is 16.3 Å². The number of Topliss-reactive ketones (excluding diaryl/α,β-unsaturated/α-hetero) is 1. The van der Waals surface area contributed by atoms with Gasteiger partial charge in [0.05, 0.1) is 19.1 Å².